The lowest BCUT2D eigenvalue weighted by molar-refractivity contribution is 0.0827. The van der Waals surface area contributed by atoms with Gasteiger partial charge in [-0.3, -0.25) is 4.79 Å². The summed E-state index contributed by atoms with van der Waals surface area (Å²) in [7, 11) is 3.39. The third-order valence-corrected chi connectivity index (χ3v) is 4.45. The molecular weight excluding hydrogens is 320 g/mol. The molecule has 0 atom stereocenters. The molecule has 0 aromatic heterocycles. The largest absolute Gasteiger partial charge is 0.395 e. The fraction of sp³-hybridized carbons (Fsp3) is 0.556. The molecule has 1 fully saturated rings. The number of aliphatic hydroxyl groups excluding tert-OH is 1. The topological polar surface area (TPSA) is 84.9 Å². The first-order valence-electron chi connectivity index (χ1n) is 8.69. The number of aliphatic hydroxyl groups is 1. The minimum Gasteiger partial charge on any atom is -0.395 e. The van der Waals surface area contributed by atoms with Crippen molar-refractivity contribution in [3.63, 3.8) is 0 Å². The predicted molar refractivity (Wildman–Crippen MR) is 97.7 cm³/mol. The fourth-order valence-corrected chi connectivity index (χ4v) is 2.96. The second-order valence-electron chi connectivity index (χ2n) is 6.62. The molecule has 0 saturated carbocycles. The van der Waals surface area contributed by atoms with Crippen molar-refractivity contribution >= 4 is 17.6 Å². The maximum atomic E-state index is 12.1. The zero-order chi connectivity index (χ0) is 18.2. The third kappa shape index (κ3) is 6.03. The van der Waals surface area contributed by atoms with Crippen LogP contribution in [-0.2, 0) is 0 Å². The van der Waals surface area contributed by atoms with Gasteiger partial charge < -0.3 is 25.5 Å². The Morgan fingerprint density at radius 1 is 1.28 bits per heavy atom. The summed E-state index contributed by atoms with van der Waals surface area (Å²) in [5, 5.41) is 14.6. The SMILES string of the molecule is CN(C)C(=O)c1cccc(NC(=O)NCC2CCN(CCO)CC2)c1. The number of carbonyl (C=O) groups is 2. The molecule has 3 N–H and O–H groups in total. The van der Waals surface area contributed by atoms with Crippen LogP contribution in [0.5, 0.6) is 0 Å². The number of anilines is 1. The highest BCUT2D eigenvalue weighted by molar-refractivity contribution is 5.96. The summed E-state index contributed by atoms with van der Waals surface area (Å²) in [6.45, 7) is 3.48. The van der Waals surface area contributed by atoms with Gasteiger partial charge in [0.25, 0.3) is 5.91 Å². The molecule has 1 heterocycles. The molecule has 7 heteroatoms. The van der Waals surface area contributed by atoms with E-state index in [4.69, 9.17) is 5.11 Å². The number of β-amino-alcohol motifs (C(OH)–C–C–N with tert-alkyl or cyclic N) is 1. The van der Waals surface area contributed by atoms with Crippen molar-refractivity contribution in [2.75, 3.05) is 52.2 Å². The molecule has 7 nitrogen and oxygen atoms in total. The van der Waals surface area contributed by atoms with Gasteiger partial charge in [-0.2, -0.15) is 0 Å². The molecule has 0 unspecified atom stereocenters. The van der Waals surface area contributed by atoms with Crippen molar-refractivity contribution in [3.8, 4) is 0 Å². The molecule has 1 saturated heterocycles. The van der Waals surface area contributed by atoms with E-state index in [0.29, 0.717) is 23.7 Å². The molecule has 0 radical (unpaired) electrons. The Hall–Kier alpha value is -2.12. The average Bonchev–Trinajstić information content (AvgIpc) is 2.61. The molecule has 1 aromatic rings. The number of hydrogen-bond donors (Lipinski definition) is 3. The third-order valence-electron chi connectivity index (χ3n) is 4.45. The number of rotatable bonds is 6. The van der Waals surface area contributed by atoms with E-state index in [1.54, 1.807) is 38.4 Å². The van der Waals surface area contributed by atoms with Crippen LogP contribution in [0.25, 0.3) is 0 Å². The van der Waals surface area contributed by atoms with E-state index in [1.165, 1.54) is 4.90 Å². The second-order valence-corrected chi connectivity index (χ2v) is 6.62. The maximum Gasteiger partial charge on any atom is 0.319 e. The van der Waals surface area contributed by atoms with Crippen LogP contribution in [-0.4, -0.2) is 73.7 Å². The van der Waals surface area contributed by atoms with E-state index in [0.717, 1.165) is 32.5 Å². The summed E-state index contributed by atoms with van der Waals surface area (Å²) in [4.78, 5) is 27.8. The molecule has 1 aliphatic rings. The number of nitrogens with zero attached hydrogens (tertiary/aromatic N) is 2. The van der Waals surface area contributed by atoms with Gasteiger partial charge in [0.15, 0.2) is 0 Å². The van der Waals surface area contributed by atoms with Crippen molar-refractivity contribution in [1.29, 1.82) is 0 Å². The first kappa shape index (κ1) is 19.2. The van der Waals surface area contributed by atoms with Crippen LogP contribution < -0.4 is 10.6 Å². The van der Waals surface area contributed by atoms with Gasteiger partial charge in [-0.25, -0.2) is 4.79 Å². The number of amides is 3. The average molecular weight is 348 g/mol. The number of carbonyl (C=O) groups excluding carboxylic acids is 2. The predicted octanol–water partition coefficient (Wildman–Crippen LogP) is 1.21. The Bertz CT molecular complexity index is 583. The molecule has 2 rings (SSSR count). The Kier molecular flexibility index (Phi) is 7.21. The number of nitrogens with one attached hydrogen (secondary N) is 2. The fourth-order valence-electron chi connectivity index (χ4n) is 2.96. The number of benzene rings is 1. The maximum absolute atomic E-state index is 12.1. The second kappa shape index (κ2) is 9.39. The van der Waals surface area contributed by atoms with Crippen molar-refractivity contribution < 1.29 is 14.7 Å². The van der Waals surface area contributed by atoms with E-state index < -0.39 is 0 Å². The molecule has 1 aliphatic heterocycles. The van der Waals surface area contributed by atoms with Crippen LogP contribution in [0.15, 0.2) is 24.3 Å². The number of piperidine rings is 1. The van der Waals surface area contributed by atoms with Gasteiger partial charge >= 0.3 is 6.03 Å². The lowest BCUT2D eigenvalue weighted by atomic mass is 9.97. The summed E-state index contributed by atoms with van der Waals surface area (Å²) in [5.74, 6) is 0.362. The van der Waals surface area contributed by atoms with E-state index in [9.17, 15) is 9.59 Å². The minimum absolute atomic E-state index is 0.0984. The zero-order valence-electron chi connectivity index (χ0n) is 15.0. The standard InChI is InChI=1S/C18H28N4O3/c1-21(2)17(24)15-4-3-5-16(12-15)20-18(25)19-13-14-6-8-22(9-7-14)10-11-23/h3-5,12,14,23H,6-11,13H2,1-2H3,(H2,19,20,25). The Labute approximate surface area is 149 Å². The van der Waals surface area contributed by atoms with Gasteiger partial charge in [0.2, 0.25) is 0 Å². The Balaban J connectivity index is 1.77. The van der Waals surface area contributed by atoms with Crippen LogP contribution in [0.4, 0.5) is 10.5 Å². The molecule has 0 spiro atoms. The summed E-state index contributed by atoms with van der Waals surface area (Å²) in [5.41, 5.74) is 1.14. The highest BCUT2D eigenvalue weighted by atomic mass is 16.3. The molecule has 3 amide bonds. The number of urea groups is 1. The summed E-state index contributed by atoms with van der Waals surface area (Å²) in [6, 6.07) is 6.66. The van der Waals surface area contributed by atoms with Crippen LogP contribution in [0.3, 0.4) is 0 Å². The molecule has 0 bridgehead atoms. The quantitative estimate of drug-likeness (QED) is 0.721. The normalized spacial score (nSPS) is 15.6. The van der Waals surface area contributed by atoms with E-state index >= 15 is 0 Å². The molecule has 1 aromatic carbocycles. The first-order valence-corrected chi connectivity index (χ1v) is 8.69. The van der Waals surface area contributed by atoms with Crippen LogP contribution >= 0.6 is 0 Å². The molecule has 0 aliphatic carbocycles. The Morgan fingerprint density at radius 3 is 2.64 bits per heavy atom. The number of hydrogen-bond acceptors (Lipinski definition) is 4. The van der Waals surface area contributed by atoms with Crippen LogP contribution in [0.2, 0.25) is 0 Å². The van der Waals surface area contributed by atoms with Gasteiger partial charge in [0.05, 0.1) is 6.61 Å². The molecule has 138 valence electrons. The molecular formula is C18H28N4O3. The van der Waals surface area contributed by atoms with Crippen LogP contribution in [0, 0.1) is 5.92 Å². The van der Waals surface area contributed by atoms with E-state index in [2.05, 4.69) is 15.5 Å². The van der Waals surface area contributed by atoms with Crippen molar-refractivity contribution in [2.24, 2.45) is 5.92 Å². The Morgan fingerprint density at radius 2 is 2.00 bits per heavy atom. The van der Waals surface area contributed by atoms with Crippen molar-refractivity contribution in [3.05, 3.63) is 29.8 Å². The van der Waals surface area contributed by atoms with Gasteiger partial charge in [0, 0.05) is 38.4 Å². The number of likely N-dealkylation sites (tertiary alicyclic amines) is 1. The summed E-state index contributed by atoms with van der Waals surface area (Å²) < 4.78 is 0. The lowest BCUT2D eigenvalue weighted by Crippen LogP contribution is -2.40. The minimum atomic E-state index is -0.257. The van der Waals surface area contributed by atoms with Gasteiger partial charge in [-0.1, -0.05) is 6.07 Å². The molecule has 25 heavy (non-hydrogen) atoms. The van der Waals surface area contributed by atoms with E-state index in [-0.39, 0.29) is 18.5 Å². The highest BCUT2D eigenvalue weighted by Gasteiger charge is 2.19. The van der Waals surface area contributed by atoms with Crippen molar-refractivity contribution in [1.82, 2.24) is 15.1 Å². The smallest absolute Gasteiger partial charge is 0.319 e. The summed E-state index contributed by atoms with van der Waals surface area (Å²) in [6.07, 6.45) is 2.04. The van der Waals surface area contributed by atoms with Gasteiger partial charge in [-0.05, 0) is 50.0 Å². The van der Waals surface area contributed by atoms with Crippen molar-refractivity contribution in [2.45, 2.75) is 12.8 Å². The lowest BCUT2D eigenvalue weighted by Gasteiger charge is -2.31. The van der Waals surface area contributed by atoms with E-state index in [1.807, 2.05) is 0 Å². The first-order chi connectivity index (χ1) is 12.0. The zero-order valence-corrected chi connectivity index (χ0v) is 15.0. The van der Waals surface area contributed by atoms with Gasteiger partial charge in [0.1, 0.15) is 0 Å². The highest BCUT2D eigenvalue weighted by Crippen LogP contribution is 2.16. The summed E-state index contributed by atoms with van der Waals surface area (Å²) >= 11 is 0. The monoisotopic (exact) mass is 348 g/mol. The van der Waals surface area contributed by atoms with Gasteiger partial charge in [-0.15, -0.1) is 0 Å². The van der Waals surface area contributed by atoms with Crippen LogP contribution in [0.1, 0.15) is 23.2 Å².